The number of nitrogens with one attached hydrogen (secondary N) is 1. The number of nitrogens with zero attached hydrogens (tertiary/aromatic N) is 1. The average molecular weight is 264 g/mol. The third-order valence-corrected chi connectivity index (χ3v) is 3.62. The number of para-hydroxylation sites is 1. The van der Waals surface area contributed by atoms with E-state index < -0.39 is 0 Å². The molecule has 3 rings (SSSR count). The van der Waals surface area contributed by atoms with Crippen LogP contribution in [-0.2, 0) is 7.05 Å². The van der Waals surface area contributed by atoms with Gasteiger partial charge in [-0.25, -0.2) is 0 Å². The summed E-state index contributed by atoms with van der Waals surface area (Å²) >= 11 is 0. The summed E-state index contributed by atoms with van der Waals surface area (Å²) in [6, 6.07) is 17.8. The second-order valence-corrected chi connectivity index (χ2v) is 4.81. The number of benzene rings is 2. The van der Waals surface area contributed by atoms with Gasteiger partial charge in [-0.3, -0.25) is 4.79 Å². The Morgan fingerprint density at radius 1 is 1.00 bits per heavy atom. The van der Waals surface area contributed by atoms with Crippen molar-refractivity contribution in [3.63, 3.8) is 0 Å². The molecule has 3 heteroatoms. The van der Waals surface area contributed by atoms with E-state index in [1.807, 2.05) is 68.7 Å². The van der Waals surface area contributed by atoms with E-state index in [-0.39, 0.29) is 5.56 Å². The van der Waals surface area contributed by atoms with Crippen LogP contribution in [0.2, 0.25) is 0 Å². The molecule has 0 aliphatic rings. The van der Waals surface area contributed by atoms with Crippen molar-refractivity contribution < 1.29 is 0 Å². The van der Waals surface area contributed by atoms with Gasteiger partial charge in [0.2, 0.25) is 0 Å². The molecule has 2 aromatic carbocycles. The summed E-state index contributed by atoms with van der Waals surface area (Å²) in [6.45, 7) is 0. The second-order valence-electron chi connectivity index (χ2n) is 4.81. The van der Waals surface area contributed by atoms with Crippen molar-refractivity contribution in [3.05, 3.63) is 65.0 Å². The van der Waals surface area contributed by atoms with Gasteiger partial charge in [-0.1, -0.05) is 30.3 Å². The minimum Gasteiger partial charge on any atom is -0.388 e. The van der Waals surface area contributed by atoms with Crippen molar-refractivity contribution in [1.29, 1.82) is 0 Å². The molecule has 0 bridgehead atoms. The second kappa shape index (κ2) is 4.85. The van der Waals surface area contributed by atoms with Gasteiger partial charge in [0.1, 0.15) is 0 Å². The number of hydrogen-bond donors (Lipinski definition) is 1. The van der Waals surface area contributed by atoms with Crippen LogP contribution in [0.25, 0.3) is 22.0 Å². The summed E-state index contributed by atoms with van der Waals surface area (Å²) in [5.74, 6) is 0. The lowest BCUT2D eigenvalue weighted by Crippen LogP contribution is -2.18. The molecule has 0 atom stereocenters. The Morgan fingerprint density at radius 3 is 2.40 bits per heavy atom. The lowest BCUT2D eigenvalue weighted by atomic mass is 10.0. The number of anilines is 1. The standard InChI is InChI=1S/C17H16N2O/c1-18-14-9-7-12(8-10-14)15-11-13-5-3-4-6-16(13)19(2)17(15)20/h3-11,18H,1-2H3. The normalized spacial score (nSPS) is 10.7. The topological polar surface area (TPSA) is 34.0 Å². The van der Waals surface area contributed by atoms with Crippen LogP contribution in [-0.4, -0.2) is 11.6 Å². The van der Waals surface area contributed by atoms with Gasteiger partial charge in [-0.15, -0.1) is 0 Å². The van der Waals surface area contributed by atoms with E-state index in [0.717, 1.165) is 27.7 Å². The lowest BCUT2D eigenvalue weighted by molar-refractivity contribution is 0.909. The van der Waals surface area contributed by atoms with Crippen LogP contribution < -0.4 is 10.9 Å². The molecule has 0 saturated heterocycles. The zero-order valence-corrected chi connectivity index (χ0v) is 11.6. The predicted molar refractivity (Wildman–Crippen MR) is 84.2 cm³/mol. The van der Waals surface area contributed by atoms with E-state index in [1.54, 1.807) is 4.57 Å². The Hall–Kier alpha value is -2.55. The first kappa shape index (κ1) is 12.5. The first-order valence-electron chi connectivity index (χ1n) is 6.57. The molecule has 1 N–H and O–H groups in total. The summed E-state index contributed by atoms with van der Waals surface area (Å²) in [7, 11) is 3.69. The lowest BCUT2D eigenvalue weighted by Gasteiger charge is -2.09. The van der Waals surface area contributed by atoms with Gasteiger partial charge in [-0.2, -0.15) is 0 Å². The first-order valence-corrected chi connectivity index (χ1v) is 6.57. The van der Waals surface area contributed by atoms with Gasteiger partial charge in [0.25, 0.3) is 5.56 Å². The molecule has 0 aliphatic carbocycles. The Balaban J connectivity index is 2.25. The van der Waals surface area contributed by atoms with Crippen molar-refractivity contribution in [2.75, 3.05) is 12.4 Å². The van der Waals surface area contributed by atoms with E-state index in [9.17, 15) is 4.79 Å². The Labute approximate surface area is 117 Å². The SMILES string of the molecule is CNc1ccc(-c2cc3ccccc3n(C)c2=O)cc1. The van der Waals surface area contributed by atoms with Crippen molar-refractivity contribution in [3.8, 4) is 11.1 Å². The number of pyridine rings is 1. The molecule has 0 aliphatic heterocycles. The summed E-state index contributed by atoms with van der Waals surface area (Å²) in [5, 5.41) is 4.15. The smallest absolute Gasteiger partial charge is 0.258 e. The molecule has 1 heterocycles. The third-order valence-electron chi connectivity index (χ3n) is 3.62. The van der Waals surface area contributed by atoms with Crippen LogP contribution in [0.4, 0.5) is 5.69 Å². The van der Waals surface area contributed by atoms with E-state index in [0.29, 0.717) is 0 Å². The zero-order chi connectivity index (χ0) is 14.1. The summed E-state index contributed by atoms with van der Waals surface area (Å²) in [5.41, 5.74) is 3.68. The van der Waals surface area contributed by atoms with Gasteiger partial charge in [0, 0.05) is 25.3 Å². The van der Waals surface area contributed by atoms with Crippen molar-refractivity contribution in [1.82, 2.24) is 4.57 Å². The van der Waals surface area contributed by atoms with Crippen LogP contribution in [0.15, 0.2) is 59.4 Å². The van der Waals surface area contributed by atoms with Crippen LogP contribution in [0.5, 0.6) is 0 Å². The van der Waals surface area contributed by atoms with Gasteiger partial charge < -0.3 is 9.88 Å². The molecule has 0 fully saturated rings. The van der Waals surface area contributed by atoms with Gasteiger partial charge in [0.05, 0.1) is 5.52 Å². The number of aromatic nitrogens is 1. The molecule has 1 aromatic heterocycles. The van der Waals surface area contributed by atoms with Crippen LogP contribution in [0, 0.1) is 0 Å². The number of fused-ring (bicyclic) bond motifs is 1. The predicted octanol–water partition coefficient (Wildman–Crippen LogP) is 3.25. The van der Waals surface area contributed by atoms with Crippen LogP contribution >= 0.6 is 0 Å². The fraction of sp³-hybridized carbons (Fsp3) is 0.118. The highest BCUT2D eigenvalue weighted by atomic mass is 16.1. The fourth-order valence-corrected chi connectivity index (χ4v) is 2.45. The van der Waals surface area contributed by atoms with E-state index in [2.05, 4.69) is 5.32 Å². The van der Waals surface area contributed by atoms with E-state index >= 15 is 0 Å². The molecular weight excluding hydrogens is 248 g/mol. The minimum absolute atomic E-state index is 0.0286. The Bertz CT molecular complexity index is 817. The first-order chi connectivity index (χ1) is 9.70. The molecule has 100 valence electrons. The maximum atomic E-state index is 12.5. The molecule has 20 heavy (non-hydrogen) atoms. The molecule has 0 amide bonds. The zero-order valence-electron chi connectivity index (χ0n) is 11.6. The van der Waals surface area contributed by atoms with E-state index in [4.69, 9.17) is 0 Å². The Morgan fingerprint density at radius 2 is 1.70 bits per heavy atom. The van der Waals surface area contributed by atoms with Crippen molar-refractivity contribution in [2.45, 2.75) is 0 Å². The molecule has 0 radical (unpaired) electrons. The quantitative estimate of drug-likeness (QED) is 0.771. The molecule has 3 nitrogen and oxygen atoms in total. The summed E-state index contributed by atoms with van der Waals surface area (Å²) in [6.07, 6.45) is 0. The highest BCUT2D eigenvalue weighted by molar-refractivity contribution is 5.84. The van der Waals surface area contributed by atoms with Crippen LogP contribution in [0.3, 0.4) is 0 Å². The van der Waals surface area contributed by atoms with Crippen molar-refractivity contribution in [2.24, 2.45) is 7.05 Å². The highest BCUT2D eigenvalue weighted by Crippen LogP contribution is 2.22. The summed E-state index contributed by atoms with van der Waals surface area (Å²) < 4.78 is 1.71. The monoisotopic (exact) mass is 264 g/mol. The average Bonchev–Trinajstić information content (AvgIpc) is 2.51. The summed E-state index contributed by atoms with van der Waals surface area (Å²) in [4.78, 5) is 12.5. The maximum absolute atomic E-state index is 12.5. The number of aryl methyl sites for hydroxylation is 1. The van der Waals surface area contributed by atoms with Crippen molar-refractivity contribution >= 4 is 16.6 Å². The molecule has 0 spiro atoms. The third kappa shape index (κ3) is 1.97. The van der Waals surface area contributed by atoms with Gasteiger partial charge in [-0.05, 0) is 35.2 Å². The molecule has 3 aromatic rings. The maximum Gasteiger partial charge on any atom is 0.258 e. The molecule has 0 saturated carbocycles. The Kier molecular flexibility index (Phi) is 3.03. The molecular formula is C17H16N2O. The van der Waals surface area contributed by atoms with Gasteiger partial charge in [0.15, 0.2) is 0 Å². The molecule has 0 unspecified atom stereocenters. The fourth-order valence-electron chi connectivity index (χ4n) is 2.45. The van der Waals surface area contributed by atoms with Crippen LogP contribution in [0.1, 0.15) is 0 Å². The highest BCUT2D eigenvalue weighted by Gasteiger charge is 2.08. The minimum atomic E-state index is 0.0286. The number of hydrogen-bond acceptors (Lipinski definition) is 2. The van der Waals surface area contributed by atoms with E-state index in [1.165, 1.54) is 0 Å². The van der Waals surface area contributed by atoms with Gasteiger partial charge >= 0.3 is 0 Å². The largest absolute Gasteiger partial charge is 0.388 e. The number of rotatable bonds is 2.